The summed E-state index contributed by atoms with van der Waals surface area (Å²) in [6.07, 6.45) is 1.88. The minimum absolute atomic E-state index is 0.0416. The van der Waals surface area contributed by atoms with E-state index in [-0.39, 0.29) is 11.9 Å². The van der Waals surface area contributed by atoms with Crippen LogP contribution in [0.3, 0.4) is 0 Å². The Hall–Kier alpha value is -4.64. The van der Waals surface area contributed by atoms with E-state index in [1.807, 2.05) is 31.3 Å². The first-order chi connectivity index (χ1) is 18.0. The van der Waals surface area contributed by atoms with Gasteiger partial charge in [0.05, 0.1) is 55.6 Å². The van der Waals surface area contributed by atoms with Gasteiger partial charge in [-0.1, -0.05) is 6.07 Å². The molecule has 1 fully saturated rings. The third kappa shape index (κ3) is 4.19. The Balaban J connectivity index is 1.31. The first-order valence-electron chi connectivity index (χ1n) is 11.8. The van der Waals surface area contributed by atoms with E-state index >= 15 is 0 Å². The van der Waals surface area contributed by atoms with Crippen molar-refractivity contribution in [3.05, 3.63) is 54.0 Å². The Labute approximate surface area is 211 Å². The lowest BCUT2D eigenvalue weighted by atomic mass is 10.1. The molecule has 188 valence electrons. The van der Waals surface area contributed by atoms with Gasteiger partial charge in [0.15, 0.2) is 0 Å². The zero-order valence-electron chi connectivity index (χ0n) is 20.5. The van der Waals surface area contributed by atoms with Crippen LogP contribution >= 0.6 is 0 Å². The Morgan fingerprint density at radius 3 is 2.70 bits per heavy atom. The summed E-state index contributed by atoms with van der Waals surface area (Å²) in [5.74, 6) is 1.90. The van der Waals surface area contributed by atoms with Crippen molar-refractivity contribution in [1.82, 2.24) is 30.2 Å². The van der Waals surface area contributed by atoms with Gasteiger partial charge >= 0.3 is 0 Å². The standard InChI is InChI=1S/C26H25N7O4/c1-13-28-18-6-4-14(8-20(18)29-13)17-10-27-23-22(17)25(36-3)33-26(32-23)31-19-7-5-15(9-21(19)35-2)24(34)30-16-11-37-12-16/h4-10,16H,11-12H2,1-3H3,(H,28,29)(H,30,34)(H2,27,31,32,33). The van der Waals surface area contributed by atoms with Crippen LogP contribution in [0, 0.1) is 6.92 Å². The zero-order chi connectivity index (χ0) is 25.5. The molecule has 37 heavy (non-hydrogen) atoms. The Morgan fingerprint density at radius 2 is 1.95 bits per heavy atom. The largest absolute Gasteiger partial charge is 0.495 e. The van der Waals surface area contributed by atoms with Crippen LogP contribution in [-0.2, 0) is 4.74 Å². The van der Waals surface area contributed by atoms with Gasteiger partial charge in [0, 0.05) is 17.3 Å². The summed E-state index contributed by atoms with van der Waals surface area (Å²) in [5.41, 5.74) is 5.45. The molecule has 1 aliphatic heterocycles. The molecular weight excluding hydrogens is 474 g/mol. The summed E-state index contributed by atoms with van der Waals surface area (Å²) in [6.45, 7) is 2.99. The molecule has 2 aromatic carbocycles. The molecule has 0 spiro atoms. The van der Waals surface area contributed by atoms with Crippen molar-refractivity contribution in [3.8, 4) is 22.8 Å². The molecule has 5 aromatic rings. The number of nitrogens with one attached hydrogen (secondary N) is 4. The van der Waals surface area contributed by atoms with Gasteiger partial charge in [-0.2, -0.15) is 9.97 Å². The van der Waals surface area contributed by atoms with Crippen LogP contribution in [0.25, 0.3) is 33.2 Å². The van der Waals surface area contributed by atoms with E-state index in [9.17, 15) is 4.79 Å². The number of hydrogen-bond donors (Lipinski definition) is 4. The molecule has 11 heteroatoms. The molecule has 1 saturated heterocycles. The van der Waals surface area contributed by atoms with Gasteiger partial charge < -0.3 is 34.8 Å². The van der Waals surface area contributed by atoms with Gasteiger partial charge in [0.25, 0.3) is 5.91 Å². The molecule has 0 saturated carbocycles. The second kappa shape index (κ2) is 9.10. The van der Waals surface area contributed by atoms with Crippen molar-refractivity contribution in [2.75, 3.05) is 32.8 Å². The molecule has 0 atom stereocenters. The highest BCUT2D eigenvalue weighted by molar-refractivity contribution is 5.99. The number of fused-ring (bicyclic) bond motifs is 2. The summed E-state index contributed by atoms with van der Waals surface area (Å²) in [4.78, 5) is 32.8. The lowest BCUT2D eigenvalue weighted by molar-refractivity contribution is -0.00346. The number of rotatable bonds is 7. The number of hydrogen-bond acceptors (Lipinski definition) is 8. The van der Waals surface area contributed by atoms with E-state index in [2.05, 4.69) is 35.6 Å². The lowest BCUT2D eigenvalue weighted by Gasteiger charge is -2.26. The number of benzene rings is 2. The number of imidazole rings is 1. The number of ether oxygens (including phenoxy) is 3. The van der Waals surface area contributed by atoms with Crippen molar-refractivity contribution in [3.63, 3.8) is 0 Å². The van der Waals surface area contributed by atoms with Crippen molar-refractivity contribution in [1.29, 1.82) is 0 Å². The van der Waals surface area contributed by atoms with E-state index in [1.165, 1.54) is 0 Å². The van der Waals surface area contributed by atoms with E-state index in [0.717, 1.165) is 33.4 Å². The van der Waals surface area contributed by atoms with Crippen molar-refractivity contribution < 1.29 is 19.0 Å². The monoisotopic (exact) mass is 499 g/mol. The first-order valence-corrected chi connectivity index (χ1v) is 11.8. The maximum Gasteiger partial charge on any atom is 0.251 e. The number of carbonyl (C=O) groups is 1. The summed E-state index contributed by atoms with van der Waals surface area (Å²) < 4.78 is 16.3. The van der Waals surface area contributed by atoms with Gasteiger partial charge in [-0.05, 0) is 42.8 Å². The number of aromatic nitrogens is 5. The highest BCUT2D eigenvalue weighted by Crippen LogP contribution is 2.36. The van der Waals surface area contributed by atoms with Crippen LogP contribution in [0.4, 0.5) is 11.6 Å². The second-order valence-corrected chi connectivity index (χ2v) is 8.78. The van der Waals surface area contributed by atoms with E-state index in [4.69, 9.17) is 14.2 Å². The zero-order valence-corrected chi connectivity index (χ0v) is 20.5. The number of methoxy groups -OCH3 is 2. The molecule has 1 amide bonds. The second-order valence-electron chi connectivity index (χ2n) is 8.78. The molecule has 0 bridgehead atoms. The van der Waals surface area contributed by atoms with E-state index < -0.39 is 0 Å². The average molecular weight is 500 g/mol. The highest BCUT2D eigenvalue weighted by Gasteiger charge is 2.22. The van der Waals surface area contributed by atoms with Gasteiger partial charge in [0.1, 0.15) is 17.2 Å². The van der Waals surface area contributed by atoms with Gasteiger partial charge in [-0.25, -0.2) is 4.98 Å². The molecule has 4 heterocycles. The van der Waals surface area contributed by atoms with E-state index in [0.29, 0.717) is 47.7 Å². The third-order valence-electron chi connectivity index (χ3n) is 6.29. The van der Waals surface area contributed by atoms with Crippen LogP contribution in [-0.4, -0.2) is 64.3 Å². The summed E-state index contributed by atoms with van der Waals surface area (Å²) in [5, 5.41) is 6.87. The van der Waals surface area contributed by atoms with Crippen molar-refractivity contribution in [2.45, 2.75) is 13.0 Å². The summed E-state index contributed by atoms with van der Waals surface area (Å²) in [7, 11) is 3.12. The number of carbonyl (C=O) groups excluding carboxylic acids is 1. The van der Waals surface area contributed by atoms with Crippen LogP contribution in [0.15, 0.2) is 42.6 Å². The van der Waals surface area contributed by atoms with Gasteiger partial charge in [-0.3, -0.25) is 4.79 Å². The molecule has 0 unspecified atom stereocenters. The molecule has 1 aliphatic rings. The fourth-order valence-corrected chi connectivity index (χ4v) is 4.38. The van der Waals surface area contributed by atoms with Crippen molar-refractivity contribution in [2.24, 2.45) is 0 Å². The predicted octanol–water partition coefficient (Wildman–Crippen LogP) is 3.70. The fraction of sp³-hybridized carbons (Fsp3) is 0.231. The number of H-pyrrole nitrogens is 2. The Morgan fingerprint density at radius 1 is 1.08 bits per heavy atom. The smallest absolute Gasteiger partial charge is 0.251 e. The maximum absolute atomic E-state index is 12.5. The molecular formula is C26H25N7O4. The molecule has 4 N–H and O–H groups in total. The Bertz CT molecular complexity index is 1640. The van der Waals surface area contributed by atoms with Crippen LogP contribution in [0.5, 0.6) is 11.6 Å². The highest BCUT2D eigenvalue weighted by atomic mass is 16.5. The first kappa shape index (κ1) is 22.8. The fourth-order valence-electron chi connectivity index (χ4n) is 4.38. The number of aromatic amines is 2. The third-order valence-corrected chi connectivity index (χ3v) is 6.29. The Kier molecular flexibility index (Phi) is 5.61. The molecule has 11 nitrogen and oxygen atoms in total. The predicted molar refractivity (Wildman–Crippen MR) is 139 cm³/mol. The quantitative estimate of drug-likeness (QED) is 0.266. The maximum atomic E-state index is 12.5. The number of amides is 1. The SMILES string of the molecule is COc1cc(C(=O)NC2COC2)ccc1Nc1nc(OC)c2c(-c3ccc4[nH]c(C)nc4c3)c[nH]c2n1. The number of nitrogens with zero attached hydrogens (tertiary/aromatic N) is 3. The summed E-state index contributed by atoms with van der Waals surface area (Å²) >= 11 is 0. The van der Waals surface area contributed by atoms with E-state index in [1.54, 1.807) is 32.4 Å². The van der Waals surface area contributed by atoms with Gasteiger partial charge in [-0.15, -0.1) is 0 Å². The number of anilines is 2. The number of aryl methyl sites for hydroxylation is 1. The average Bonchev–Trinajstić information content (AvgIpc) is 3.47. The minimum Gasteiger partial charge on any atom is -0.495 e. The van der Waals surface area contributed by atoms with Crippen LogP contribution in [0.1, 0.15) is 16.2 Å². The lowest BCUT2D eigenvalue weighted by Crippen LogP contribution is -2.48. The molecule has 3 aromatic heterocycles. The van der Waals surface area contributed by atoms with Crippen LogP contribution < -0.4 is 20.1 Å². The minimum atomic E-state index is -0.181. The molecule has 0 aliphatic carbocycles. The van der Waals surface area contributed by atoms with Crippen LogP contribution in [0.2, 0.25) is 0 Å². The normalized spacial score (nSPS) is 13.5. The topological polar surface area (TPSA) is 139 Å². The molecule has 0 radical (unpaired) electrons. The van der Waals surface area contributed by atoms with Gasteiger partial charge in [0.2, 0.25) is 11.8 Å². The van der Waals surface area contributed by atoms with Crippen molar-refractivity contribution >= 4 is 39.6 Å². The molecule has 6 rings (SSSR count). The summed E-state index contributed by atoms with van der Waals surface area (Å²) in [6, 6.07) is 11.2.